The normalized spacial score (nSPS) is 10.3. The number of carbonyl (C=O) groups excluding carboxylic acids is 2. The molecule has 0 spiro atoms. The first-order valence-electron chi connectivity index (χ1n) is 7.79. The van der Waals surface area contributed by atoms with E-state index in [2.05, 4.69) is 20.8 Å². The Morgan fingerprint density at radius 3 is 2.00 bits per heavy atom. The van der Waals surface area contributed by atoms with Gasteiger partial charge in [0, 0.05) is 38.2 Å². The number of carbonyl (C=O) groups is 2. The topological polar surface area (TPSA) is 93.8 Å². The van der Waals surface area contributed by atoms with E-state index in [0.717, 1.165) is 11.5 Å². The molecule has 0 aliphatic carbocycles. The summed E-state index contributed by atoms with van der Waals surface area (Å²) in [6, 6.07) is 1.76. The largest absolute Gasteiger partial charge is 0.323 e. The fourth-order valence-corrected chi connectivity index (χ4v) is 1.54. The van der Waals surface area contributed by atoms with E-state index < -0.39 is 0 Å². The average molecular weight is 334 g/mol. The Kier molecular flexibility index (Phi) is 7.16. The molecule has 2 aromatic heterocycles. The number of aryl methyl sites for hydroxylation is 2. The van der Waals surface area contributed by atoms with E-state index >= 15 is 0 Å². The minimum absolute atomic E-state index is 0.0000926. The molecule has 0 aliphatic rings. The lowest BCUT2D eigenvalue weighted by atomic mass is 10.2. The molecule has 0 aromatic carbocycles. The van der Waals surface area contributed by atoms with Gasteiger partial charge >= 0.3 is 0 Å². The van der Waals surface area contributed by atoms with Crippen molar-refractivity contribution in [3.05, 3.63) is 24.7 Å². The first kappa shape index (κ1) is 19.4. The molecule has 0 aliphatic heterocycles. The minimum Gasteiger partial charge on any atom is -0.323 e. The van der Waals surface area contributed by atoms with Gasteiger partial charge in [-0.25, -0.2) is 0 Å². The number of aromatic nitrogens is 4. The van der Waals surface area contributed by atoms with Crippen LogP contribution in [0.25, 0.3) is 0 Å². The molecule has 24 heavy (non-hydrogen) atoms. The molecule has 2 aromatic rings. The molecule has 8 nitrogen and oxygen atoms in total. The Bertz CT molecular complexity index is 672. The molecule has 0 unspecified atom stereocenters. The van der Waals surface area contributed by atoms with Crippen LogP contribution in [-0.4, -0.2) is 31.4 Å². The average Bonchev–Trinajstić information content (AvgIpc) is 3.08. The zero-order chi connectivity index (χ0) is 18.3. The third kappa shape index (κ3) is 6.23. The molecule has 0 radical (unpaired) electrons. The number of hydrogen-bond donors (Lipinski definition) is 2. The van der Waals surface area contributed by atoms with Crippen molar-refractivity contribution in [1.82, 2.24) is 19.6 Å². The van der Waals surface area contributed by atoms with E-state index in [4.69, 9.17) is 0 Å². The SMILES string of the molecule is CC(C)C(=O)Nc1ccnn1C.CC(C)C(=O)Nc1cnn(C)c1. The second kappa shape index (κ2) is 8.85. The Balaban J connectivity index is 0.000000240. The maximum atomic E-state index is 11.2. The van der Waals surface area contributed by atoms with Gasteiger partial charge in [0.1, 0.15) is 5.82 Å². The summed E-state index contributed by atoms with van der Waals surface area (Å²) in [7, 11) is 3.60. The predicted octanol–water partition coefficient (Wildman–Crippen LogP) is 2.03. The standard InChI is InChI=1S/2C8H13N3O/c1-6(2)8(12)10-7-4-9-11(3)5-7;1-6(2)8(12)10-7-4-5-9-11(7)3/h2*4-6H,1-3H3,(H,10,12). The first-order valence-corrected chi connectivity index (χ1v) is 7.79. The zero-order valence-electron chi connectivity index (χ0n) is 15.1. The number of amides is 2. The van der Waals surface area contributed by atoms with Crippen molar-refractivity contribution >= 4 is 23.3 Å². The van der Waals surface area contributed by atoms with E-state index in [-0.39, 0.29) is 23.7 Å². The highest BCUT2D eigenvalue weighted by Gasteiger charge is 2.08. The lowest BCUT2D eigenvalue weighted by molar-refractivity contribution is -0.119. The molecule has 0 atom stereocenters. The maximum Gasteiger partial charge on any atom is 0.228 e. The van der Waals surface area contributed by atoms with E-state index in [1.165, 1.54) is 0 Å². The molecule has 132 valence electrons. The van der Waals surface area contributed by atoms with Crippen LogP contribution < -0.4 is 10.6 Å². The zero-order valence-corrected chi connectivity index (χ0v) is 15.1. The summed E-state index contributed by atoms with van der Waals surface area (Å²) in [6.45, 7) is 7.41. The van der Waals surface area contributed by atoms with Gasteiger partial charge < -0.3 is 10.6 Å². The number of nitrogens with one attached hydrogen (secondary N) is 2. The van der Waals surface area contributed by atoms with Crippen molar-refractivity contribution in [3.8, 4) is 0 Å². The molecule has 2 N–H and O–H groups in total. The van der Waals surface area contributed by atoms with Crippen LogP contribution in [0.5, 0.6) is 0 Å². The van der Waals surface area contributed by atoms with Gasteiger partial charge in [-0.1, -0.05) is 27.7 Å². The number of anilines is 2. The first-order chi connectivity index (χ1) is 11.2. The molecule has 2 heterocycles. The van der Waals surface area contributed by atoms with E-state index in [1.807, 2.05) is 34.7 Å². The quantitative estimate of drug-likeness (QED) is 0.894. The maximum absolute atomic E-state index is 11.2. The van der Waals surface area contributed by atoms with E-state index in [0.29, 0.717) is 0 Å². The molecule has 0 saturated carbocycles. The predicted molar refractivity (Wildman–Crippen MR) is 93.4 cm³/mol. The summed E-state index contributed by atoms with van der Waals surface area (Å²) in [5.41, 5.74) is 0.746. The van der Waals surface area contributed by atoms with Gasteiger partial charge in [-0.2, -0.15) is 10.2 Å². The van der Waals surface area contributed by atoms with E-state index in [1.54, 1.807) is 41.1 Å². The highest BCUT2D eigenvalue weighted by atomic mass is 16.2. The molecule has 2 rings (SSSR count). The summed E-state index contributed by atoms with van der Waals surface area (Å²) >= 11 is 0. The molecule has 0 saturated heterocycles. The van der Waals surface area contributed by atoms with Crippen molar-refractivity contribution in [2.24, 2.45) is 25.9 Å². The number of hydrogen-bond acceptors (Lipinski definition) is 4. The second-order valence-corrected chi connectivity index (χ2v) is 6.03. The van der Waals surface area contributed by atoms with Crippen LogP contribution in [0.2, 0.25) is 0 Å². The van der Waals surface area contributed by atoms with Crippen LogP contribution in [0.4, 0.5) is 11.5 Å². The summed E-state index contributed by atoms with van der Waals surface area (Å²) in [4.78, 5) is 22.4. The van der Waals surface area contributed by atoms with Crippen LogP contribution in [0.15, 0.2) is 24.7 Å². The minimum atomic E-state index is -0.0000926. The highest BCUT2D eigenvalue weighted by molar-refractivity contribution is 5.92. The lowest BCUT2D eigenvalue weighted by Gasteiger charge is -2.06. The van der Waals surface area contributed by atoms with Gasteiger partial charge in [-0.3, -0.25) is 19.0 Å². The van der Waals surface area contributed by atoms with Gasteiger partial charge in [0.25, 0.3) is 0 Å². The van der Waals surface area contributed by atoms with E-state index in [9.17, 15) is 9.59 Å². The van der Waals surface area contributed by atoms with Crippen LogP contribution in [0.3, 0.4) is 0 Å². The fourth-order valence-electron chi connectivity index (χ4n) is 1.54. The van der Waals surface area contributed by atoms with Gasteiger partial charge in [0.2, 0.25) is 11.8 Å². The fraction of sp³-hybridized carbons (Fsp3) is 0.500. The van der Waals surface area contributed by atoms with Crippen LogP contribution in [0.1, 0.15) is 27.7 Å². The van der Waals surface area contributed by atoms with Crippen LogP contribution >= 0.6 is 0 Å². The smallest absolute Gasteiger partial charge is 0.228 e. The lowest BCUT2D eigenvalue weighted by Crippen LogP contribution is -2.19. The Morgan fingerprint density at radius 2 is 1.58 bits per heavy atom. The molecular weight excluding hydrogens is 308 g/mol. The van der Waals surface area contributed by atoms with Crippen LogP contribution in [-0.2, 0) is 23.7 Å². The Hall–Kier alpha value is -2.64. The summed E-state index contributed by atoms with van der Waals surface area (Å²) < 4.78 is 3.27. The Labute approximate surface area is 142 Å². The molecule has 8 heteroatoms. The third-order valence-corrected chi connectivity index (χ3v) is 3.09. The molecule has 0 fully saturated rings. The molecular formula is C16H26N6O2. The number of rotatable bonds is 4. The second-order valence-electron chi connectivity index (χ2n) is 6.03. The van der Waals surface area contributed by atoms with Gasteiger partial charge in [0.05, 0.1) is 18.1 Å². The van der Waals surface area contributed by atoms with Crippen molar-refractivity contribution in [1.29, 1.82) is 0 Å². The van der Waals surface area contributed by atoms with Crippen molar-refractivity contribution in [2.75, 3.05) is 10.6 Å². The molecule has 2 amide bonds. The van der Waals surface area contributed by atoms with Crippen molar-refractivity contribution in [3.63, 3.8) is 0 Å². The van der Waals surface area contributed by atoms with Gasteiger partial charge in [-0.15, -0.1) is 0 Å². The third-order valence-electron chi connectivity index (χ3n) is 3.09. The van der Waals surface area contributed by atoms with Crippen molar-refractivity contribution < 1.29 is 9.59 Å². The van der Waals surface area contributed by atoms with Gasteiger partial charge in [0.15, 0.2) is 0 Å². The summed E-state index contributed by atoms with van der Waals surface area (Å²) in [5.74, 6) is 0.764. The van der Waals surface area contributed by atoms with Gasteiger partial charge in [-0.05, 0) is 0 Å². The summed E-state index contributed by atoms with van der Waals surface area (Å²) in [6.07, 6.45) is 5.04. The number of nitrogens with zero attached hydrogens (tertiary/aromatic N) is 4. The summed E-state index contributed by atoms with van der Waals surface area (Å²) in [5, 5.41) is 13.4. The molecule has 0 bridgehead atoms. The Morgan fingerprint density at radius 1 is 1.00 bits per heavy atom. The van der Waals surface area contributed by atoms with Crippen molar-refractivity contribution in [2.45, 2.75) is 27.7 Å². The van der Waals surface area contributed by atoms with Crippen LogP contribution in [0, 0.1) is 11.8 Å². The highest BCUT2D eigenvalue weighted by Crippen LogP contribution is 2.06. The monoisotopic (exact) mass is 334 g/mol.